The van der Waals surface area contributed by atoms with E-state index in [4.69, 9.17) is 4.18 Å². The van der Waals surface area contributed by atoms with Gasteiger partial charge in [0.2, 0.25) is 0 Å². The molecule has 0 N–H and O–H groups in total. The highest BCUT2D eigenvalue weighted by Crippen LogP contribution is 2.26. The summed E-state index contributed by atoms with van der Waals surface area (Å²) in [6.45, 7) is 2.09. The molecule has 0 fully saturated rings. The number of fused-ring (bicyclic) bond motifs is 1. The third-order valence-electron chi connectivity index (χ3n) is 3.11. The molecule has 5 heteroatoms. The SMILES string of the molecule is CCCCCCS(=O)(=O)Oc1cccc2cnccc12. The lowest BCUT2D eigenvalue weighted by molar-refractivity contribution is 0.485. The van der Waals surface area contributed by atoms with Crippen LogP contribution in [0.15, 0.2) is 36.7 Å². The Morgan fingerprint density at radius 3 is 2.80 bits per heavy atom. The van der Waals surface area contributed by atoms with Gasteiger partial charge in [0.05, 0.1) is 5.75 Å². The maximum Gasteiger partial charge on any atom is 0.309 e. The van der Waals surface area contributed by atoms with Crippen LogP contribution in [0, 0.1) is 0 Å². The van der Waals surface area contributed by atoms with Crippen LogP contribution in [0.2, 0.25) is 0 Å². The fourth-order valence-corrected chi connectivity index (χ4v) is 3.11. The number of rotatable bonds is 7. The van der Waals surface area contributed by atoms with Crippen LogP contribution in [0.1, 0.15) is 32.6 Å². The van der Waals surface area contributed by atoms with Gasteiger partial charge in [0.25, 0.3) is 0 Å². The molecule has 0 bridgehead atoms. The van der Waals surface area contributed by atoms with E-state index in [9.17, 15) is 8.42 Å². The van der Waals surface area contributed by atoms with Crippen molar-refractivity contribution in [3.05, 3.63) is 36.7 Å². The number of unbranched alkanes of at least 4 members (excludes halogenated alkanes) is 3. The fraction of sp³-hybridized carbons (Fsp3) is 0.400. The molecule has 0 spiro atoms. The lowest BCUT2D eigenvalue weighted by atomic mass is 10.2. The van der Waals surface area contributed by atoms with Crippen LogP contribution in [0.4, 0.5) is 0 Å². The van der Waals surface area contributed by atoms with E-state index < -0.39 is 10.1 Å². The summed E-state index contributed by atoms with van der Waals surface area (Å²) in [4.78, 5) is 4.02. The highest BCUT2D eigenvalue weighted by molar-refractivity contribution is 7.87. The Morgan fingerprint density at radius 1 is 1.15 bits per heavy atom. The van der Waals surface area contributed by atoms with Crippen LogP contribution in [0.5, 0.6) is 5.75 Å². The van der Waals surface area contributed by atoms with Gasteiger partial charge in [-0.1, -0.05) is 38.3 Å². The third-order valence-corrected chi connectivity index (χ3v) is 4.33. The molecule has 0 saturated carbocycles. The molecule has 2 aromatic rings. The molecule has 0 aliphatic heterocycles. The summed E-state index contributed by atoms with van der Waals surface area (Å²) >= 11 is 0. The summed E-state index contributed by atoms with van der Waals surface area (Å²) in [5.41, 5.74) is 0. The molecule has 1 aromatic heterocycles. The first-order chi connectivity index (χ1) is 9.62. The highest BCUT2D eigenvalue weighted by Gasteiger charge is 2.14. The van der Waals surface area contributed by atoms with Crippen LogP contribution >= 0.6 is 0 Å². The van der Waals surface area contributed by atoms with Gasteiger partial charge in [-0.2, -0.15) is 8.42 Å². The molecule has 0 aliphatic rings. The van der Waals surface area contributed by atoms with Crippen LogP contribution < -0.4 is 4.18 Å². The van der Waals surface area contributed by atoms with Gasteiger partial charge >= 0.3 is 10.1 Å². The summed E-state index contributed by atoms with van der Waals surface area (Å²) in [5, 5.41) is 1.63. The third kappa shape index (κ3) is 3.93. The van der Waals surface area contributed by atoms with Gasteiger partial charge in [-0.25, -0.2) is 0 Å². The standard InChI is InChI=1S/C15H19NO3S/c1-2-3-4-5-11-20(17,18)19-15-8-6-7-13-12-16-10-9-14(13)15/h6-10,12H,2-5,11H2,1H3. The average Bonchev–Trinajstić information content (AvgIpc) is 2.44. The minimum atomic E-state index is -3.53. The van der Waals surface area contributed by atoms with Crippen molar-refractivity contribution >= 4 is 20.9 Å². The summed E-state index contributed by atoms with van der Waals surface area (Å²) < 4.78 is 29.2. The number of benzene rings is 1. The van der Waals surface area contributed by atoms with Gasteiger partial charge in [0, 0.05) is 23.2 Å². The molecule has 0 radical (unpaired) electrons. The topological polar surface area (TPSA) is 56.3 Å². The smallest absolute Gasteiger partial charge is 0.309 e. The molecular weight excluding hydrogens is 274 g/mol. The predicted octanol–water partition coefficient (Wildman–Crippen LogP) is 3.52. The minimum Gasteiger partial charge on any atom is -0.382 e. The van der Waals surface area contributed by atoms with Crippen molar-refractivity contribution in [1.29, 1.82) is 0 Å². The monoisotopic (exact) mass is 293 g/mol. The zero-order valence-corrected chi connectivity index (χ0v) is 12.4. The number of aromatic nitrogens is 1. The molecule has 108 valence electrons. The van der Waals surface area contributed by atoms with Crippen molar-refractivity contribution in [2.75, 3.05) is 5.75 Å². The van der Waals surface area contributed by atoms with Crippen molar-refractivity contribution in [1.82, 2.24) is 4.98 Å². The van der Waals surface area contributed by atoms with Crippen molar-refractivity contribution in [2.24, 2.45) is 0 Å². The molecule has 2 rings (SSSR count). The Morgan fingerprint density at radius 2 is 2.00 bits per heavy atom. The van der Waals surface area contributed by atoms with Crippen molar-refractivity contribution in [3.63, 3.8) is 0 Å². The Labute approximate surface area is 119 Å². The van der Waals surface area contributed by atoms with E-state index in [1.807, 2.05) is 6.07 Å². The van der Waals surface area contributed by atoms with Crippen molar-refractivity contribution in [3.8, 4) is 5.75 Å². The zero-order chi connectivity index (χ0) is 14.4. The first kappa shape index (κ1) is 14.8. The zero-order valence-electron chi connectivity index (χ0n) is 11.6. The van der Waals surface area contributed by atoms with Crippen LogP contribution in [0.25, 0.3) is 10.8 Å². The fourth-order valence-electron chi connectivity index (χ4n) is 2.05. The highest BCUT2D eigenvalue weighted by atomic mass is 32.2. The maximum atomic E-state index is 12.0. The Balaban J connectivity index is 2.11. The van der Waals surface area contributed by atoms with Gasteiger partial charge in [0.15, 0.2) is 5.75 Å². The van der Waals surface area contributed by atoms with Gasteiger partial charge in [0.1, 0.15) is 0 Å². The largest absolute Gasteiger partial charge is 0.382 e. The van der Waals surface area contributed by atoms with E-state index in [0.717, 1.165) is 30.0 Å². The molecule has 0 saturated heterocycles. The van der Waals surface area contributed by atoms with E-state index in [2.05, 4.69) is 11.9 Å². The second kappa shape index (κ2) is 6.70. The van der Waals surface area contributed by atoms with Crippen LogP contribution in [-0.4, -0.2) is 19.2 Å². The summed E-state index contributed by atoms with van der Waals surface area (Å²) in [5.74, 6) is 0.439. The predicted molar refractivity (Wildman–Crippen MR) is 80.3 cm³/mol. The molecule has 0 atom stereocenters. The molecule has 1 heterocycles. The molecule has 4 nitrogen and oxygen atoms in total. The number of pyridine rings is 1. The summed E-state index contributed by atoms with van der Waals surface area (Å²) in [7, 11) is -3.53. The first-order valence-electron chi connectivity index (χ1n) is 6.87. The Kier molecular flexibility index (Phi) is 4.95. The Bertz CT molecular complexity index is 662. The van der Waals surface area contributed by atoms with Gasteiger partial charge < -0.3 is 4.18 Å². The molecule has 1 aromatic carbocycles. The quantitative estimate of drug-likeness (QED) is 0.579. The average molecular weight is 293 g/mol. The first-order valence-corrected chi connectivity index (χ1v) is 8.45. The van der Waals surface area contributed by atoms with Crippen molar-refractivity contribution < 1.29 is 12.6 Å². The molecule has 0 amide bonds. The van der Waals surface area contributed by atoms with Crippen LogP contribution in [0.3, 0.4) is 0 Å². The van der Waals surface area contributed by atoms with Gasteiger partial charge in [-0.05, 0) is 18.6 Å². The summed E-state index contributed by atoms with van der Waals surface area (Å²) in [6, 6.07) is 7.08. The molecule has 20 heavy (non-hydrogen) atoms. The van der Waals surface area contributed by atoms with Gasteiger partial charge in [-0.3, -0.25) is 4.98 Å². The number of hydrogen-bond acceptors (Lipinski definition) is 4. The normalized spacial score (nSPS) is 11.7. The van der Waals surface area contributed by atoms with E-state index in [1.165, 1.54) is 0 Å². The van der Waals surface area contributed by atoms with E-state index in [0.29, 0.717) is 12.2 Å². The number of hydrogen-bond donors (Lipinski definition) is 0. The van der Waals surface area contributed by atoms with E-state index >= 15 is 0 Å². The van der Waals surface area contributed by atoms with E-state index in [1.54, 1.807) is 30.6 Å². The van der Waals surface area contributed by atoms with Crippen LogP contribution in [-0.2, 0) is 10.1 Å². The summed E-state index contributed by atoms with van der Waals surface area (Å²) in [6.07, 6.45) is 7.01. The molecule has 0 unspecified atom stereocenters. The second-order valence-electron chi connectivity index (χ2n) is 4.76. The minimum absolute atomic E-state index is 0.0640. The van der Waals surface area contributed by atoms with E-state index in [-0.39, 0.29) is 5.75 Å². The lowest BCUT2D eigenvalue weighted by Gasteiger charge is -2.09. The second-order valence-corrected chi connectivity index (χ2v) is 6.45. The van der Waals surface area contributed by atoms with Crippen molar-refractivity contribution in [2.45, 2.75) is 32.6 Å². The molecule has 0 aliphatic carbocycles. The Hall–Kier alpha value is -1.62. The lowest BCUT2D eigenvalue weighted by Crippen LogP contribution is -2.14. The maximum absolute atomic E-state index is 12.0. The number of nitrogens with zero attached hydrogens (tertiary/aromatic N) is 1. The molecular formula is C15H19NO3S. The van der Waals surface area contributed by atoms with Gasteiger partial charge in [-0.15, -0.1) is 0 Å².